The minimum Gasteiger partial charge on any atom is -0.508 e. The summed E-state index contributed by atoms with van der Waals surface area (Å²) in [6, 6.07) is 5.64. The van der Waals surface area contributed by atoms with Crippen molar-refractivity contribution in [2.45, 2.75) is 0 Å². The Morgan fingerprint density at radius 2 is 1.48 bits per heavy atom. The average Bonchev–Trinajstić information content (AvgIpc) is 2.45. The van der Waals surface area contributed by atoms with Crippen molar-refractivity contribution >= 4 is 21.9 Å². The van der Waals surface area contributed by atoms with Gasteiger partial charge in [-0.15, -0.1) is 0 Å². The first kappa shape index (κ1) is 23.0. The zero-order valence-corrected chi connectivity index (χ0v) is 17.4. The van der Waals surface area contributed by atoms with E-state index < -0.39 is 22.7 Å². The number of fused-ring (bicyclic) bond motifs is 1. The fourth-order valence-corrected chi connectivity index (χ4v) is 2.14. The van der Waals surface area contributed by atoms with Crippen molar-refractivity contribution in [3.63, 3.8) is 0 Å². The predicted octanol–water partition coefficient (Wildman–Crippen LogP) is 1.60. The van der Waals surface area contributed by atoms with E-state index in [1.165, 1.54) is 6.07 Å². The van der Waals surface area contributed by atoms with Gasteiger partial charge in [0.2, 0.25) is 11.2 Å². The van der Waals surface area contributed by atoms with E-state index >= 15 is 0 Å². The van der Waals surface area contributed by atoms with Gasteiger partial charge in [-0.05, 0) is 18.2 Å². The van der Waals surface area contributed by atoms with E-state index in [-0.39, 0.29) is 81.3 Å². The Hall–Kier alpha value is -1.99. The van der Waals surface area contributed by atoms with Crippen LogP contribution in [0.2, 0.25) is 0 Å². The molecule has 3 aromatic rings. The van der Waals surface area contributed by atoms with E-state index in [2.05, 4.69) is 0 Å². The maximum atomic E-state index is 12.1. The van der Waals surface area contributed by atoms with Crippen molar-refractivity contribution in [3.05, 3.63) is 40.6 Å². The third-order valence-electron chi connectivity index (χ3n) is 3.17. The van der Waals surface area contributed by atoms with Gasteiger partial charge in [-0.2, -0.15) is 0 Å². The van der Waals surface area contributed by atoms with Crippen LogP contribution in [0, 0.1) is 0 Å². The molecule has 0 fully saturated rings. The summed E-state index contributed by atoms with van der Waals surface area (Å²) in [6.45, 7) is 0. The molecule has 5 radical (unpaired) electrons. The number of hydrogen-bond acceptors (Lipinski definition) is 7. The van der Waals surface area contributed by atoms with Crippen LogP contribution in [0.25, 0.3) is 22.3 Å². The van der Waals surface area contributed by atoms with Gasteiger partial charge < -0.3 is 29.9 Å². The van der Waals surface area contributed by atoms with Gasteiger partial charge in [-0.25, -0.2) is 0 Å². The summed E-state index contributed by atoms with van der Waals surface area (Å²) in [6.07, 6.45) is 0. The molecule has 129 valence electrons. The number of benzene rings is 2. The van der Waals surface area contributed by atoms with E-state index in [0.717, 1.165) is 24.3 Å². The van der Waals surface area contributed by atoms with E-state index in [9.17, 15) is 30.3 Å². The van der Waals surface area contributed by atoms with Crippen molar-refractivity contribution < 1.29 is 66.5 Å². The van der Waals surface area contributed by atoms with Gasteiger partial charge in [0.1, 0.15) is 22.5 Å². The molecule has 10 heteroatoms. The third-order valence-corrected chi connectivity index (χ3v) is 3.17. The van der Waals surface area contributed by atoms with Gasteiger partial charge in [0.25, 0.3) is 0 Å². The van der Waals surface area contributed by atoms with Crippen LogP contribution in [0.15, 0.2) is 39.5 Å². The molecule has 25 heavy (non-hydrogen) atoms. The Bertz CT molecular complexity index is 974. The number of phenols is 4. The van der Waals surface area contributed by atoms with E-state index in [1.807, 2.05) is 0 Å². The fraction of sp³-hybridized carbons (Fsp3) is 0. The zero-order chi connectivity index (χ0) is 16.0. The summed E-state index contributed by atoms with van der Waals surface area (Å²) < 4.78 is 5.35. The van der Waals surface area contributed by atoms with Gasteiger partial charge in [-0.1, -0.05) is 0 Å². The Morgan fingerprint density at radius 3 is 2.08 bits per heavy atom. The summed E-state index contributed by atoms with van der Waals surface area (Å²) in [5, 5.41) is 47.6. The fourth-order valence-electron chi connectivity index (χ4n) is 2.14. The van der Waals surface area contributed by atoms with Crippen LogP contribution in [0.4, 0.5) is 0 Å². The topological polar surface area (TPSA) is 131 Å². The van der Waals surface area contributed by atoms with Crippen molar-refractivity contribution in [1.29, 1.82) is 0 Å². The van der Waals surface area contributed by atoms with Crippen LogP contribution in [0.5, 0.6) is 28.7 Å². The summed E-state index contributed by atoms with van der Waals surface area (Å²) in [5.74, 6) is -2.71. The Kier molecular flexibility index (Phi) is 7.73. The van der Waals surface area contributed by atoms with Crippen molar-refractivity contribution in [2.75, 3.05) is 0 Å². The third kappa shape index (κ3) is 3.99. The molecular weight excluding hydrogens is 449 g/mol. The molecule has 0 bridgehead atoms. The Morgan fingerprint density at radius 1 is 0.840 bits per heavy atom. The number of hydrogen-bond donors (Lipinski definition) is 5. The molecule has 3 rings (SSSR count). The van der Waals surface area contributed by atoms with Crippen molar-refractivity contribution in [1.82, 2.24) is 0 Å². The van der Waals surface area contributed by atoms with Gasteiger partial charge in [0.15, 0.2) is 17.3 Å². The minimum atomic E-state index is -0.888. The van der Waals surface area contributed by atoms with Crippen LogP contribution in [0.3, 0.4) is 0 Å². The summed E-state index contributed by atoms with van der Waals surface area (Å²) in [7, 11) is 0. The number of rotatable bonds is 1. The van der Waals surface area contributed by atoms with E-state index in [0.29, 0.717) is 0 Å². The number of aromatic hydroxyl groups is 5. The standard InChI is InChI=1S/C15H10O7.Cu.Si.Zn/c16-7-4-10(19)12-11(5-7)22-15(14(21)13(12)20)6-1-2-8(17)9(18)3-6;;;/h1-5,16-19,21H;;;. The average molecular weight is 459 g/mol. The van der Waals surface area contributed by atoms with Crippen LogP contribution < -0.4 is 5.43 Å². The second kappa shape index (κ2) is 8.40. The van der Waals surface area contributed by atoms with Gasteiger partial charge in [0.05, 0.1) is 0 Å². The normalized spacial score (nSPS) is 9.60. The second-order valence-corrected chi connectivity index (χ2v) is 4.65. The van der Waals surface area contributed by atoms with Gasteiger partial charge in [0, 0.05) is 65.2 Å². The minimum absolute atomic E-state index is 0. The first-order valence-corrected chi connectivity index (χ1v) is 6.12. The summed E-state index contributed by atoms with van der Waals surface area (Å²) in [4.78, 5) is 12.1. The van der Waals surface area contributed by atoms with Crippen LogP contribution in [0.1, 0.15) is 0 Å². The molecule has 2 aromatic carbocycles. The second-order valence-electron chi connectivity index (χ2n) is 4.65. The van der Waals surface area contributed by atoms with E-state index in [1.54, 1.807) is 0 Å². The molecule has 0 aliphatic heterocycles. The molecule has 0 saturated carbocycles. The van der Waals surface area contributed by atoms with Crippen LogP contribution in [-0.2, 0) is 36.5 Å². The largest absolute Gasteiger partial charge is 0.508 e. The zero-order valence-electron chi connectivity index (χ0n) is 12.4. The molecule has 0 atom stereocenters. The Labute approximate surface area is 168 Å². The number of phenolic OH excluding ortho intramolecular Hbond substituents is 4. The molecule has 1 heterocycles. The summed E-state index contributed by atoms with van der Waals surface area (Å²) in [5.41, 5.74) is -0.890. The SMILES string of the molecule is O=c1c(O)c(-c2ccc(O)c(O)c2)oc2cc(O)cc(O)c12.[Cu].[Si].[Zn]. The predicted molar refractivity (Wildman–Crippen MR) is 82.0 cm³/mol. The molecule has 0 aliphatic carbocycles. The first-order chi connectivity index (χ1) is 10.4. The molecule has 0 saturated heterocycles. The Balaban J connectivity index is 0.00000192. The molecular formula is C15H10CuO7SiZn. The monoisotopic (exact) mass is 457 g/mol. The molecule has 0 unspecified atom stereocenters. The van der Waals surface area contributed by atoms with Crippen LogP contribution >= 0.6 is 0 Å². The molecule has 0 aliphatic rings. The molecule has 1 aromatic heterocycles. The van der Waals surface area contributed by atoms with Gasteiger partial charge in [-0.3, -0.25) is 4.79 Å². The maximum Gasteiger partial charge on any atom is 0.238 e. The maximum absolute atomic E-state index is 12.1. The van der Waals surface area contributed by atoms with Crippen molar-refractivity contribution in [2.24, 2.45) is 0 Å². The first-order valence-electron chi connectivity index (χ1n) is 6.12. The summed E-state index contributed by atoms with van der Waals surface area (Å²) >= 11 is 0. The van der Waals surface area contributed by atoms with Crippen LogP contribution in [-0.4, -0.2) is 36.5 Å². The smallest absolute Gasteiger partial charge is 0.238 e. The quantitative estimate of drug-likeness (QED) is 0.276. The molecule has 0 spiro atoms. The van der Waals surface area contributed by atoms with E-state index in [4.69, 9.17) is 4.42 Å². The van der Waals surface area contributed by atoms with Gasteiger partial charge >= 0.3 is 0 Å². The molecule has 0 amide bonds. The molecule has 5 N–H and O–H groups in total. The van der Waals surface area contributed by atoms with Crippen molar-refractivity contribution in [3.8, 4) is 40.1 Å². The molecule has 7 nitrogen and oxygen atoms in total.